The van der Waals surface area contributed by atoms with Crippen molar-refractivity contribution in [1.29, 1.82) is 0 Å². The van der Waals surface area contributed by atoms with Gasteiger partial charge in [0.15, 0.2) is 5.58 Å². The van der Waals surface area contributed by atoms with Crippen LogP contribution in [-0.2, 0) is 22.7 Å². The average Bonchev–Trinajstić information content (AvgIpc) is 3.50. The van der Waals surface area contributed by atoms with Crippen molar-refractivity contribution in [3.05, 3.63) is 53.0 Å². The number of aromatic nitrogens is 3. The highest BCUT2D eigenvalue weighted by molar-refractivity contribution is 5.87. The van der Waals surface area contributed by atoms with E-state index in [-0.39, 0.29) is 24.4 Å². The zero-order valence-corrected chi connectivity index (χ0v) is 17.7. The molecule has 2 aromatic heterocycles. The number of hydrogen-bond acceptors (Lipinski definition) is 6. The van der Waals surface area contributed by atoms with E-state index in [1.165, 1.54) is 4.57 Å². The highest BCUT2D eigenvalue weighted by atomic mass is 16.4. The van der Waals surface area contributed by atoms with Gasteiger partial charge in [0.25, 0.3) is 0 Å². The van der Waals surface area contributed by atoms with Gasteiger partial charge in [-0.15, -0.1) is 0 Å². The second-order valence-corrected chi connectivity index (χ2v) is 8.54. The lowest BCUT2D eigenvalue weighted by Crippen LogP contribution is -2.57. The summed E-state index contributed by atoms with van der Waals surface area (Å²) in [5.74, 6) is -0.145. The van der Waals surface area contributed by atoms with Crippen LogP contribution < -0.4 is 16.4 Å². The normalized spacial score (nSPS) is 23.2. The quantitative estimate of drug-likeness (QED) is 0.522. The van der Waals surface area contributed by atoms with E-state index in [0.717, 1.165) is 25.8 Å². The molecule has 2 aliphatic heterocycles. The van der Waals surface area contributed by atoms with Crippen LogP contribution in [0.25, 0.3) is 11.1 Å². The van der Waals surface area contributed by atoms with E-state index in [1.54, 1.807) is 36.7 Å². The number of H-pyrrole nitrogens is 1. The van der Waals surface area contributed by atoms with Gasteiger partial charge in [-0.05, 0) is 44.4 Å². The molecule has 0 bridgehead atoms. The number of aromatic amines is 1. The maximum atomic E-state index is 13.2. The molecule has 3 aromatic rings. The summed E-state index contributed by atoms with van der Waals surface area (Å²) in [6, 6.07) is 6.86. The third-order valence-electron chi connectivity index (χ3n) is 6.53. The second kappa shape index (κ2) is 8.27. The number of imidazole rings is 1. The topological polar surface area (TPSA) is 125 Å². The van der Waals surface area contributed by atoms with Gasteiger partial charge < -0.3 is 20.0 Å². The van der Waals surface area contributed by atoms with Crippen LogP contribution in [0.2, 0.25) is 0 Å². The van der Waals surface area contributed by atoms with Crippen LogP contribution in [0.1, 0.15) is 31.5 Å². The minimum absolute atomic E-state index is 0.0256. The van der Waals surface area contributed by atoms with Gasteiger partial charge in [-0.2, -0.15) is 0 Å². The summed E-state index contributed by atoms with van der Waals surface area (Å²) in [6.45, 7) is 1.66. The van der Waals surface area contributed by atoms with E-state index in [2.05, 4.69) is 25.5 Å². The lowest BCUT2D eigenvalue weighted by molar-refractivity contribution is -0.134. The highest BCUT2D eigenvalue weighted by Gasteiger charge is 2.52. The Hall–Kier alpha value is -3.40. The Balaban J connectivity index is 1.26. The van der Waals surface area contributed by atoms with Crippen LogP contribution in [0.5, 0.6) is 0 Å². The lowest BCUT2D eigenvalue weighted by Gasteiger charge is -2.40. The molecule has 0 aliphatic carbocycles. The van der Waals surface area contributed by atoms with Crippen LogP contribution >= 0.6 is 0 Å². The third-order valence-corrected chi connectivity index (χ3v) is 6.53. The molecule has 3 N–H and O–H groups in total. The van der Waals surface area contributed by atoms with Crippen LogP contribution in [0.15, 0.2) is 45.9 Å². The Labute approximate surface area is 184 Å². The summed E-state index contributed by atoms with van der Waals surface area (Å²) in [5.41, 5.74) is 0.419. The van der Waals surface area contributed by atoms with Gasteiger partial charge in [0.2, 0.25) is 11.8 Å². The lowest BCUT2D eigenvalue weighted by atomic mass is 9.84. The number of oxazole rings is 1. The van der Waals surface area contributed by atoms with Gasteiger partial charge in [-0.1, -0.05) is 12.1 Å². The highest BCUT2D eigenvalue weighted by Crippen LogP contribution is 2.38. The molecular weight excluding hydrogens is 412 g/mol. The predicted octanol–water partition coefficient (Wildman–Crippen LogP) is 0.747. The number of piperidine rings is 1. The first-order chi connectivity index (χ1) is 15.5. The molecule has 32 heavy (non-hydrogen) atoms. The minimum atomic E-state index is -0.623. The van der Waals surface area contributed by atoms with Crippen molar-refractivity contribution in [2.75, 3.05) is 13.1 Å². The Kier molecular flexibility index (Phi) is 5.30. The molecule has 4 heterocycles. The summed E-state index contributed by atoms with van der Waals surface area (Å²) in [5, 5.41) is 6.04. The van der Waals surface area contributed by atoms with E-state index in [9.17, 15) is 14.4 Å². The first kappa shape index (κ1) is 20.5. The van der Waals surface area contributed by atoms with E-state index < -0.39 is 11.3 Å². The van der Waals surface area contributed by atoms with E-state index in [0.29, 0.717) is 36.4 Å². The number of rotatable bonds is 6. The monoisotopic (exact) mass is 438 g/mol. The molecule has 2 atom stereocenters. The Morgan fingerprint density at radius 2 is 2.16 bits per heavy atom. The molecule has 168 valence electrons. The van der Waals surface area contributed by atoms with Crippen molar-refractivity contribution < 1.29 is 14.0 Å². The van der Waals surface area contributed by atoms with Crippen molar-refractivity contribution >= 4 is 22.9 Å². The van der Waals surface area contributed by atoms with Crippen molar-refractivity contribution in [1.82, 2.24) is 30.1 Å². The molecule has 2 aliphatic rings. The zero-order chi connectivity index (χ0) is 22.1. The van der Waals surface area contributed by atoms with Gasteiger partial charge in [-0.3, -0.25) is 19.1 Å². The van der Waals surface area contributed by atoms with Gasteiger partial charge in [0.1, 0.15) is 17.9 Å². The van der Waals surface area contributed by atoms with Gasteiger partial charge in [0, 0.05) is 25.0 Å². The number of hydrogen-bond donors (Lipinski definition) is 3. The summed E-state index contributed by atoms with van der Waals surface area (Å²) in [7, 11) is 0. The molecule has 0 radical (unpaired) electrons. The fourth-order valence-electron chi connectivity index (χ4n) is 5.08. The smallest absolute Gasteiger partial charge is 0.408 e. The summed E-state index contributed by atoms with van der Waals surface area (Å²) in [6.07, 6.45) is 6.69. The summed E-state index contributed by atoms with van der Waals surface area (Å²) >= 11 is 0. The van der Waals surface area contributed by atoms with Gasteiger partial charge in [-0.25, -0.2) is 9.78 Å². The van der Waals surface area contributed by atoms with Crippen molar-refractivity contribution in [3.63, 3.8) is 0 Å². The SMILES string of the molecule is O=C(Cn1c(=O)oc2ccccc21)N[C@@H]1CN2CCCC[C@@]2(C(=O)NCc2ncc[nH]2)C1. The molecule has 10 heteroatoms. The first-order valence-corrected chi connectivity index (χ1v) is 10.9. The molecule has 0 saturated carbocycles. The number of carbonyl (C=O) groups excluding carboxylic acids is 2. The van der Waals surface area contributed by atoms with E-state index >= 15 is 0 Å². The van der Waals surface area contributed by atoms with Crippen molar-refractivity contribution in [3.8, 4) is 0 Å². The fourth-order valence-corrected chi connectivity index (χ4v) is 5.08. The Bertz CT molecular complexity index is 1180. The minimum Gasteiger partial charge on any atom is -0.408 e. The summed E-state index contributed by atoms with van der Waals surface area (Å²) < 4.78 is 6.54. The largest absolute Gasteiger partial charge is 0.420 e. The molecule has 1 aromatic carbocycles. The molecule has 5 rings (SSSR count). The maximum absolute atomic E-state index is 13.2. The molecule has 2 fully saturated rings. The molecule has 2 saturated heterocycles. The number of fused-ring (bicyclic) bond motifs is 2. The molecule has 2 amide bonds. The summed E-state index contributed by atoms with van der Waals surface area (Å²) in [4.78, 5) is 47.5. The standard InChI is InChI=1S/C22H26N6O4/c29-19(14-28-16-5-1-2-6-17(16)32-21(28)31)26-15-11-22(7-3-4-10-27(22)13-15)20(30)25-12-18-23-8-9-24-18/h1-2,5-6,8-9,15H,3-4,7,10-14H2,(H,23,24)(H,25,30)(H,26,29)/t15-,22-/m0/s1. The number of benzene rings is 1. The van der Waals surface area contributed by atoms with Gasteiger partial charge >= 0.3 is 5.76 Å². The molecular formula is C22H26N6O4. The van der Waals surface area contributed by atoms with E-state index in [1.807, 2.05) is 0 Å². The number of para-hydroxylation sites is 2. The second-order valence-electron chi connectivity index (χ2n) is 8.54. The maximum Gasteiger partial charge on any atom is 0.420 e. The fraction of sp³-hybridized carbons (Fsp3) is 0.455. The van der Waals surface area contributed by atoms with Crippen LogP contribution in [0.3, 0.4) is 0 Å². The molecule has 0 spiro atoms. The molecule has 0 unspecified atom stereocenters. The van der Waals surface area contributed by atoms with Gasteiger partial charge in [0.05, 0.1) is 12.1 Å². The first-order valence-electron chi connectivity index (χ1n) is 10.9. The van der Waals surface area contributed by atoms with Crippen LogP contribution in [0.4, 0.5) is 0 Å². The zero-order valence-electron chi connectivity index (χ0n) is 17.7. The van der Waals surface area contributed by atoms with E-state index in [4.69, 9.17) is 4.42 Å². The number of amides is 2. The average molecular weight is 438 g/mol. The van der Waals surface area contributed by atoms with Crippen molar-refractivity contribution in [2.45, 2.75) is 50.4 Å². The number of nitrogens with one attached hydrogen (secondary N) is 3. The Morgan fingerprint density at radius 3 is 3.00 bits per heavy atom. The predicted molar refractivity (Wildman–Crippen MR) is 116 cm³/mol. The molecule has 10 nitrogen and oxygen atoms in total. The van der Waals surface area contributed by atoms with Crippen LogP contribution in [0, 0.1) is 0 Å². The van der Waals surface area contributed by atoms with Crippen molar-refractivity contribution in [2.24, 2.45) is 0 Å². The Morgan fingerprint density at radius 1 is 1.28 bits per heavy atom. The van der Waals surface area contributed by atoms with Crippen LogP contribution in [-0.4, -0.2) is 55.9 Å². The third kappa shape index (κ3) is 3.70. The number of nitrogens with zero attached hydrogens (tertiary/aromatic N) is 3. The number of carbonyl (C=O) groups is 2.